The van der Waals surface area contributed by atoms with Crippen molar-refractivity contribution in [2.24, 2.45) is 11.8 Å². The number of nitrogens with one attached hydrogen (secondary N) is 1. The summed E-state index contributed by atoms with van der Waals surface area (Å²) in [5.74, 6) is 1.20. The van der Waals surface area contributed by atoms with Crippen LogP contribution in [0.25, 0.3) is 0 Å². The van der Waals surface area contributed by atoms with Gasteiger partial charge in [-0.2, -0.15) is 5.26 Å². The van der Waals surface area contributed by atoms with E-state index in [4.69, 9.17) is 5.26 Å². The molecule has 0 aromatic carbocycles. The molecule has 2 heteroatoms. The van der Waals surface area contributed by atoms with Gasteiger partial charge in [-0.25, -0.2) is 0 Å². The molecule has 2 aliphatic carbocycles. The first kappa shape index (κ1) is 9.98. The standard InChI is InChI=1S/C12H20N2/c13-8-11-4-2-1-3-5-12(11)14-9-10-6-7-10/h10-12,14H,1-7,9H2. The first-order valence-corrected chi connectivity index (χ1v) is 6.03. The van der Waals surface area contributed by atoms with Crippen molar-refractivity contribution in [1.29, 1.82) is 5.26 Å². The first-order chi connectivity index (χ1) is 6.90. The van der Waals surface area contributed by atoms with Gasteiger partial charge in [-0.1, -0.05) is 19.3 Å². The summed E-state index contributed by atoms with van der Waals surface area (Å²) < 4.78 is 0. The molecule has 1 N–H and O–H groups in total. The van der Waals surface area contributed by atoms with Crippen LogP contribution in [0.5, 0.6) is 0 Å². The van der Waals surface area contributed by atoms with Crippen molar-refractivity contribution in [3.63, 3.8) is 0 Å². The Labute approximate surface area is 86.7 Å². The number of hydrogen-bond acceptors (Lipinski definition) is 2. The van der Waals surface area contributed by atoms with E-state index < -0.39 is 0 Å². The van der Waals surface area contributed by atoms with Crippen molar-refractivity contribution in [3.8, 4) is 6.07 Å². The largest absolute Gasteiger partial charge is 0.312 e. The predicted molar refractivity (Wildman–Crippen MR) is 56.7 cm³/mol. The first-order valence-electron chi connectivity index (χ1n) is 6.03. The van der Waals surface area contributed by atoms with Crippen LogP contribution in [0.1, 0.15) is 44.9 Å². The van der Waals surface area contributed by atoms with Crippen LogP contribution in [0.2, 0.25) is 0 Å². The third-order valence-corrected chi connectivity index (χ3v) is 3.55. The Morgan fingerprint density at radius 1 is 1.07 bits per heavy atom. The van der Waals surface area contributed by atoms with E-state index in [1.54, 1.807) is 0 Å². The van der Waals surface area contributed by atoms with E-state index in [-0.39, 0.29) is 5.92 Å². The fourth-order valence-corrected chi connectivity index (χ4v) is 2.35. The summed E-state index contributed by atoms with van der Waals surface area (Å²) in [6.07, 6.45) is 9.00. The highest BCUT2D eigenvalue weighted by Crippen LogP contribution is 2.29. The van der Waals surface area contributed by atoms with Crippen LogP contribution in [-0.4, -0.2) is 12.6 Å². The zero-order valence-electron chi connectivity index (χ0n) is 8.84. The van der Waals surface area contributed by atoms with Gasteiger partial charge in [-0.05, 0) is 38.1 Å². The summed E-state index contributed by atoms with van der Waals surface area (Å²) in [4.78, 5) is 0. The van der Waals surface area contributed by atoms with Gasteiger partial charge in [-0.3, -0.25) is 0 Å². The molecule has 2 nitrogen and oxygen atoms in total. The van der Waals surface area contributed by atoms with Gasteiger partial charge in [-0.15, -0.1) is 0 Å². The number of hydrogen-bond donors (Lipinski definition) is 1. The van der Waals surface area contributed by atoms with Gasteiger partial charge in [0, 0.05) is 6.04 Å². The maximum atomic E-state index is 9.08. The molecule has 0 radical (unpaired) electrons. The lowest BCUT2D eigenvalue weighted by Gasteiger charge is -2.20. The molecule has 0 aromatic heterocycles. The van der Waals surface area contributed by atoms with Crippen molar-refractivity contribution in [2.45, 2.75) is 51.0 Å². The second-order valence-electron chi connectivity index (χ2n) is 4.83. The topological polar surface area (TPSA) is 35.8 Å². The lowest BCUT2D eigenvalue weighted by molar-refractivity contribution is 0.389. The molecular formula is C12H20N2. The molecule has 2 atom stereocenters. The quantitative estimate of drug-likeness (QED) is 0.697. The smallest absolute Gasteiger partial charge is 0.0672 e. The Kier molecular flexibility index (Phi) is 3.42. The maximum Gasteiger partial charge on any atom is 0.0672 e. The average Bonchev–Trinajstić information content (AvgIpc) is 3.02. The zero-order valence-corrected chi connectivity index (χ0v) is 8.84. The molecule has 2 aliphatic rings. The van der Waals surface area contributed by atoms with E-state index in [2.05, 4.69) is 11.4 Å². The Hall–Kier alpha value is -0.550. The second-order valence-corrected chi connectivity index (χ2v) is 4.83. The maximum absolute atomic E-state index is 9.08. The van der Waals surface area contributed by atoms with Gasteiger partial charge in [0.25, 0.3) is 0 Å². The summed E-state index contributed by atoms with van der Waals surface area (Å²) in [7, 11) is 0. The predicted octanol–water partition coefficient (Wildman–Crippen LogP) is 2.46. The molecule has 0 spiro atoms. The molecule has 14 heavy (non-hydrogen) atoms. The summed E-state index contributed by atoms with van der Waals surface area (Å²) in [6.45, 7) is 1.16. The Balaban J connectivity index is 1.81. The molecule has 78 valence electrons. The average molecular weight is 192 g/mol. The van der Waals surface area contributed by atoms with Crippen LogP contribution in [0.15, 0.2) is 0 Å². The van der Waals surface area contributed by atoms with Crippen LogP contribution >= 0.6 is 0 Å². The van der Waals surface area contributed by atoms with E-state index in [0.29, 0.717) is 6.04 Å². The molecule has 0 amide bonds. The Morgan fingerprint density at radius 3 is 2.57 bits per heavy atom. The number of nitriles is 1. The van der Waals surface area contributed by atoms with E-state index in [9.17, 15) is 0 Å². The van der Waals surface area contributed by atoms with E-state index in [1.807, 2.05) is 0 Å². The van der Waals surface area contributed by atoms with Crippen molar-refractivity contribution < 1.29 is 0 Å². The minimum absolute atomic E-state index is 0.274. The third-order valence-electron chi connectivity index (χ3n) is 3.55. The van der Waals surface area contributed by atoms with Gasteiger partial charge < -0.3 is 5.32 Å². The monoisotopic (exact) mass is 192 g/mol. The lowest BCUT2D eigenvalue weighted by atomic mass is 9.96. The third kappa shape index (κ3) is 2.72. The molecular weight excluding hydrogens is 172 g/mol. The highest BCUT2D eigenvalue weighted by molar-refractivity contribution is 4.94. The Bertz CT molecular complexity index is 215. The van der Waals surface area contributed by atoms with Gasteiger partial charge >= 0.3 is 0 Å². The molecule has 0 bridgehead atoms. The normalized spacial score (nSPS) is 33.4. The van der Waals surface area contributed by atoms with Crippen molar-refractivity contribution in [2.75, 3.05) is 6.54 Å². The SMILES string of the molecule is N#CC1CCCCCC1NCC1CC1. The van der Waals surface area contributed by atoms with Gasteiger partial charge in [0.1, 0.15) is 0 Å². The molecule has 0 saturated heterocycles. The zero-order chi connectivity index (χ0) is 9.80. The van der Waals surface area contributed by atoms with Crippen LogP contribution in [0.4, 0.5) is 0 Å². The number of nitrogens with zero attached hydrogens (tertiary/aromatic N) is 1. The molecule has 0 aliphatic heterocycles. The number of rotatable bonds is 3. The van der Waals surface area contributed by atoms with E-state index in [1.165, 1.54) is 38.5 Å². The molecule has 2 saturated carbocycles. The summed E-state index contributed by atoms with van der Waals surface area (Å²) >= 11 is 0. The molecule has 2 unspecified atom stereocenters. The Morgan fingerprint density at radius 2 is 1.86 bits per heavy atom. The summed E-state index contributed by atoms with van der Waals surface area (Å²) in [5.41, 5.74) is 0. The van der Waals surface area contributed by atoms with Gasteiger partial charge in [0.2, 0.25) is 0 Å². The van der Waals surface area contributed by atoms with Crippen LogP contribution in [-0.2, 0) is 0 Å². The molecule has 0 heterocycles. The molecule has 0 aromatic rings. The fraction of sp³-hybridized carbons (Fsp3) is 0.917. The summed E-state index contributed by atoms with van der Waals surface area (Å²) in [5, 5.41) is 12.7. The van der Waals surface area contributed by atoms with Crippen molar-refractivity contribution >= 4 is 0 Å². The lowest BCUT2D eigenvalue weighted by Crippen LogP contribution is -2.36. The minimum atomic E-state index is 0.274. The van der Waals surface area contributed by atoms with Crippen LogP contribution < -0.4 is 5.32 Å². The van der Waals surface area contributed by atoms with Crippen LogP contribution in [0.3, 0.4) is 0 Å². The van der Waals surface area contributed by atoms with Gasteiger partial charge in [0.05, 0.1) is 12.0 Å². The highest BCUT2D eigenvalue weighted by atomic mass is 14.9. The van der Waals surface area contributed by atoms with Gasteiger partial charge in [0.15, 0.2) is 0 Å². The van der Waals surface area contributed by atoms with Crippen molar-refractivity contribution in [1.82, 2.24) is 5.32 Å². The van der Waals surface area contributed by atoms with E-state index >= 15 is 0 Å². The molecule has 2 fully saturated rings. The molecule has 2 rings (SSSR count). The fourth-order valence-electron chi connectivity index (χ4n) is 2.35. The van der Waals surface area contributed by atoms with Crippen molar-refractivity contribution in [3.05, 3.63) is 0 Å². The van der Waals surface area contributed by atoms with Crippen LogP contribution in [0, 0.1) is 23.2 Å². The minimum Gasteiger partial charge on any atom is -0.312 e. The summed E-state index contributed by atoms with van der Waals surface area (Å²) in [6, 6.07) is 2.96. The second kappa shape index (κ2) is 4.79. The highest BCUT2D eigenvalue weighted by Gasteiger charge is 2.26. The van der Waals surface area contributed by atoms with E-state index in [0.717, 1.165) is 18.9 Å².